The van der Waals surface area contributed by atoms with Crippen LogP contribution in [0.3, 0.4) is 0 Å². The van der Waals surface area contributed by atoms with Gasteiger partial charge in [-0.05, 0) is 27.9 Å². The molecule has 0 amide bonds. The third kappa shape index (κ3) is 14.4. The summed E-state index contributed by atoms with van der Waals surface area (Å²) >= 11 is 0. The van der Waals surface area contributed by atoms with Crippen molar-refractivity contribution in [2.45, 2.75) is 13.8 Å². The van der Waals surface area contributed by atoms with Gasteiger partial charge in [0.2, 0.25) is 0 Å². The number of likely N-dealkylation sites (N-methyl/N-ethyl adjacent to an activating group) is 2. The average molecular weight is 348 g/mol. The Hall–Kier alpha value is -1.22. The van der Waals surface area contributed by atoms with Gasteiger partial charge >= 0.3 is 11.9 Å². The lowest BCUT2D eigenvalue weighted by Gasteiger charge is -2.20. The molecule has 0 saturated carbocycles. The molecule has 24 heavy (non-hydrogen) atoms. The molecule has 0 unspecified atom stereocenters. The first-order valence-corrected chi connectivity index (χ1v) is 8.33. The van der Waals surface area contributed by atoms with E-state index >= 15 is 0 Å². The van der Waals surface area contributed by atoms with Crippen LogP contribution in [0.2, 0.25) is 0 Å². The molecular weight excluding hydrogens is 316 g/mol. The fraction of sp³-hybridized carbons (Fsp3) is 0.875. The summed E-state index contributed by atoms with van der Waals surface area (Å²) < 4.78 is 20.3. The molecule has 0 N–H and O–H groups in total. The molecule has 0 aliphatic rings. The van der Waals surface area contributed by atoms with Crippen molar-refractivity contribution in [2.24, 2.45) is 0 Å². The Bertz CT molecular complexity index is 309. The summed E-state index contributed by atoms with van der Waals surface area (Å²) in [5, 5.41) is 0. The van der Waals surface area contributed by atoms with Crippen LogP contribution in [0.25, 0.3) is 0 Å². The van der Waals surface area contributed by atoms with Crippen LogP contribution in [0.15, 0.2) is 0 Å². The van der Waals surface area contributed by atoms with Crippen LogP contribution in [-0.2, 0) is 28.5 Å². The van der Waals surface area contributed by atoms with Gasteiger partial charge < -0.3 is 18.9 Å². The maximum absolute atomic E-state index is 11.6. The highest BCUT2D eigenvalue weighted by molar-refractivity contribution is 5.72. The van der Waals surface area contributed by atoms with Crippen LogP contribution in [0, 0.1) is 0 Å². The summed E-state index contributed by atoms with van der Waals surface area (Å²) in [7, 11) is 3.66. The van der Waals surface area contributed by atoms with E-state index in [4.69, 9.17) is 18.9 Å². The number of rotatable bonds is 15. The molecule has 142 valence electrons. The van der Waals surface area contributed by atoms with E-state index in [-0.39, 0.29) is 38.2 Å². The Morgan fingerprint density at radius 1 is 0.708 bits per heavy atom. The van der Waals surface area contributed by atoms with E-state index in [1.54, 1.807) is 0 Å². The molecule has 8 nitrogen and oxygen atoms in total. The van der Waals surface area contributed by atoms with Crippen LogP contribution in [-0.4, -0.2) is 102 Å². The molecule has 0 bridgehead atoms. The maximum Gasteiger partial charge on any atom is 0.320 e. The molecule has 0 atom stereocenters. The summed E-state index contributed by atoms with van der Waals surface area (Å²) in [5.41, 5.74) is 0. The quantitative estimate of drug-likeness (QED) is 0.303. The zero-order valence-corrected chi connectivity index (χ0v) is 15.4. The van der Waals surface area contributed by atoms with Gasteiger partial charge in [-0.15, -0.1) is 0 Å². The number of hydrogen-bond acceptors (Lipinski definition) is 8. The van der Waals surface area contributed by atoms with Gasteiger partial charge in [0.15, 0.2) is 0 Å². The lowest BCUT2D eigenvalue weighted by molar-refractivity contribution is -0.147. The molecule has 0 aliphatic carbocycles. The van der Waals surface area contributed by atoms with Crippen LogP contribution >= 0.6 is 0 Å². The monoisotopic (exact) mass is 348 g/mol. The van der Waals surface area contributed by atoms with Gasteiger partial charge in [0.05, 0.1) is 26.3 Å². The van der Waals surface area contributed by atoms with E-state index in [0.29, 0.717) is 39.5 Å². The van der Waals surface area contributed by atoms with Crippen molar-refractivity contribution in [3.8, 4) is 0 Å². The molecule has 0 rings (SSSR count). The number of hydrogen-bond donors (Lipinski definition) is 0. The zero-order chi connectivity index (χ0) is 18.2. The Morgan fingerprint density at radius 2 is 1.08 bits per heavy atom. The van der Waals surface area contributed by atoms with Crippen LogP contribution in [0.5, 0.6) is 0 Å². The van der Waals surface area contributed by atoms with Crippen molar-refractivity contribution in [1.82, 2.24) is 9.80 Å². The van der Waals surface area contributed by atoms with Gasteiger partial charge in [0, 0.05) is 26.3 Å². The molecule has 0 radical (unpaired) electrons. The molecular formula is C16H32N2O6. The fourth-order valence-corrected chi connectivity index (χ4v) is 1.75. The van der Waals surface area contributed by atoms with Crippen LogP contribution in [0.4, 0.5) is 0 Å². The molecule has 0 spiro atoms. The second-order valence-electron chi connectivity index (χ2n) is 5.31. The topological polar surface area (TPSA) is 77.5 Å². The lowest BCUT2D eigenvalue weighted by atomic mass is 10.4. The highest BCUT2D eigenvalue weighted by Crippen LogP contribution is 1.91. The Morgan fingerprint density at radius 3 is 1.42 bits per heavy atom. The van der Waals surface area contributed by atoms with E-state index in [9.17, 15) is 9.59 Å². The predicted octanol–water partition coefficient (Wildman–Crippen LogP) is 0.00940. The van der Waals surface area contributed by atoms with Crippen molar-refractivity contribution in [2.75, 3.05) is 79.9 Å². The minimum absolute atomic E-state index is 0.207. The van der Waals surface area contributed by atoms with Crippen LogP contribution in [0.1, 0.15) is 13.8 Å². The number of carbonyl (C=O) groups excluding carboxylic acids is 2. The summed E-state index contributed by atoms with van der Waals surface area (Å²) in [6.45, 7) is 8.07. The van der Waals surface area contributed by atoms with Crippen molar-refractivity contribution in [3.63, 3.8) is 0 Å². The zero-order valence-electron chi connectivity index (χ0n) is 15.4. The standard InChI is InChI=1S/C16H32N2O6/c1-5-21-9-11-23-15(19)13-17(3)7-8-18(4)14-16(20)24-12-10-22-6-2/h5-14H2,1-4H3. The molecule has 0 heterocycles. The van der Waals surface area contributed by atoms with E-state index < -0.39 is 0 Å². The highest BCUT2D eigenvalue weighted by atomic mass is 16.6. The second-order valence-corrected chi connectivity index (χ2v) is 5.31. The minimum atomic E-state index is -0.282. The van der Waals surface area contributed by atoms with E-state index in [1.165, 1.54) is 0 Å². The van der Waals surface area contributed by atoms with Gasteiger partial charge in [-0.3, -0.25) is 19.4 Å². The van der Waals surface area contributed by atoms with Gasteiger partial charge in [0.1, 0.15) is 13.2 Å². The van der Waals surface area contributed by atoms with Crippen LogP contribution < -0.4 is 0 Å². The fourth-order valence-electron chi connectivity index (χ4n) is 1.75. The van der Waals surface area contributed by atoms with Crippen molar-refractivity contribution in [3.05, 3.63) is 0 Å². The Labute approximate surface area is 145 Å². The van der Waals surface area contributed by atoms with Crippen molar-refractivity contribution >= 4 is 11.9 Å². The first-order chi connectivity index (χ1) is 11.5. The molecule has 0 aliphatic heterocycles. The van der Waals surface area contributed by atoms with Crippen molar-refractivity contribution in [1.29, 1.82) is 0 Å². The molecule has 0 aromatic carbocycles. The smallest absolute Gasteiger partial charge is 0.320 e. The molecule has 8 heteroatoms. The molecule has 0 fully saturated rings. The summed E-state index contributed by atoms with van der Waals surface area (Å²) in [6, 6.07) is 0. The second kappa shape index (κ2) is 15.3. The number of nitrogens with zero attached hydrogens (tertiary/aromatic N) is 2. The average Bonchev–Trinajstić information content (AvgIpc) is 2.54. The van der Waals surface area contributed by atoms with E-state index in [0.717, 1.165) is 0 Å². The number of carbonyl (C=O) groups is 2. The number of ether oxygens (including phenoxy) is 4. The first kappa shape index (κ1) is 22.8. The Balaban J connectivity index is 3.71. The molecule has 0 aromatic rings. The van der Waals surface area contributed by atoms with Gasteiger partial charge in [-0.1, -0.05) is 0 Å². The van der Waals surface area contributed by atoms with E-state index in [2.05, 4.69) is 0 Å². The van der Waals surface area contributed by atoms with Gasteiger partial charge in [0.25, 0.3) is 0 Å². The third-order valence-corrected chi connectivity index (χ3v) is 3.05. The summed E-state index contributed by atoms with van der Waals surface area (Å²) in [4.78, 5) is 26.9. The van der Waals surface area contributed by atoms with E-state index in [1.807, 2.05) is 37.7 Å². The van der Waals surface area contributed by atoms with Crippen molar-refractivity contribution < 1.29 is 28.5 Å². The largest absolute Gasteiger partial charge is 0.462 e. The Kier molecular flexibility index (Phi) is 14.5. The predicted molar refractivity (Wildman–Crippen MR) is 89.9 cm³/mol. The first-order valence-electron chi connectivity index (χ1n) is 8.33. The van der Waals surface area contributed by atoms with Gasteiger partial charge in [-0.2, -0.15) is 0 Å². The number of esters is 2. The normalized spacial score (nSPS) is 11.1. The summed E-state index contributed by atoms with van der Waals surface area (Å²) in [5.74, 6) is -0.564. The van der Waals surface area contributed by atoms with Gasteiger partial charge in [-0.25, -0.2) is 0 Å². The highest BCUT2D eigenvalue weighted by Gasteiger charge is 2.11. The minimum Gasteiger partial charge on any atom is -0.462 e. The third-order valence-electron chi connectivity index (χ3n) is 3.05. The summed E-state index contributed by atoms with van der Waals surface area (Å²) in [6.07, 6.45) is 0. The molecule has 0 saturated heterocycles. The SMILES string of the molecule is CCOCCOC(=O)CN(C)CCN(C)CC(=O)OCCOCC. The molecule has 0 aromatic heterocycles. The lowest BCUT2D eigenvalue weighted by Crippen LogP contribution is -2.37. The maximum atomic E-state index is 11.6.